The standard InChI is InChI=1S/C9H15NO/c1-5-6-9(3,4)7(2)8(10)11/h5H,1-2,6H2,3-4H3,(H2,10,11). The fourth-order valence-electron chi connectivity index (χ4n) is 0.818. The lowest BCUT2D eigenvalue weighted by Crippen LogP contribution is -2.25. The van der Waals surface area contributed by atoms with E-state index in [1.165, 1.54) is 0 Å². The molecule has 0 unspecified atom stereocenters. The number of allylic oxidation sites excluding steroid dienone is 1. The van der Waals surface area contributed by atoms with Crippen LogP contribution in [0.4, 0.5) is 0 Å². The second-order valence-electron chi connectivity index (χ2n) is 3.22. The molecule has 0 atom stereocenters. The molecule has 0 aliphatic carbocycles. The Labute approximate surface area is 67.8 Å². The van der Waals surface area contributed by atoms with Crippen molar-refractivity contribution in [2.45, 2.75) is 20.3 Å². The van der Waals surface area contributed by atoms with E-state index in [2.05, 4.69) is 13.2 Å². The van der Waals surface area contributed by atoms with E-state index < -0.39 is 5.91 Å². The third-order valence-corrected chi connectivity index (χ3v) is 1.77. The van der Waals surface area contributed by atoms with E-state index in [0.717, 1.165) is 6.42 Å². The number of carbonyl (C=O) groups is 1. The summed E-state index contributed by atoms with van der Waals surface area (Å²) in [7, 11) is 0. The Morgan fingerprint density at radius 2 is 2.09 bits per heavy atom. The Morgan fingerprint density at radius 1 is 1.64 bits per heavy atom. The first kappa shape index (κ1) is 9.95. The van der Waals surface area contributed by atoms with Gasteiger partial charge in [-0.1, -0.05) is 26.5 Å². The van der Waals surface area contributed by atoms with Crippen LogP contribution in [0.25, 0.3) is 0 Å². The van der Waals surface area contributed by atoms with Crippen molar-refractivity contribution < 1.29 is 4.79 Å². The van der Waals surface area contributed by atoms with Gasteiger partial charge in [0, 0.05) is 5.57 Å². The first-order valence-corrected chi connectivity index (χ1v) is 3.52. The van der Waals surface area contributed by atoms with Gasteiger partial charge >= 0.3 is 0 Å². The summed E-state index contributed by atoms with van der Waals surface area (Å²) < 4.78 is 0. The first-order chi connectivity index (χ1) is 4.91. The summed E-state index contributed by atoms with van der Waals surface area (Å²) in [6.45, 7) is 11.1. The van der Waals surface area contributed by atoms with Gasteiger partial charge < -0.3 is 5.73 Å². The van der Waals surface area contributed by atoms with E-state index >= 15 is 0 Å². The van der Waals surface area contributed by atoms with Crippen LogP contribution in [-0.4, -0.2) is 5.91 Å². The molecule has 0 bridgehead atoms. The van der Waals surface area contributed by atoms with Crippen LogP contribution in [0.5, 0.6) is 0 Å². The van der Waals surface area contributed by atoms with E-state index in [0.29, 0.717) is 5.57 Å². The van der Waals surface area contributed by atoms with Gasteiger partial charge in [0.05, 0.1) is 0 Å². The van der Waals surface area contributed by atoms with Gasteiger partial charge in [-0.05, 0) is 11.8 Å². The van der Waals surface area contributed by atoms with E-state index in [-0.39, 0.29) is 5.41 Å². The topological polar surface area (TPSA) is 43.1 Å². The molecular weight excluding hydrogens is 138 g/mol. The zero-order chi connectivity index (χ0) is 9.07. The maximum atomic E-state index is 10.7. The molecule has 2 N–H and O–H groups in total. The molecule has 0 heterocycles. The highest BCUT2D eigenvalue weighted by Crippen LogP contribution is 2.28. The average molecular weight is 153 g/mol. The highest BCUT2D eigenvalue weighted by atomic mass is 16.1. The number of hydrogen-bond acceptors (Lipinski definition) is 1. The summed E-state index contributed by atoms with van der Waals surface area (Å²) in [5.74, 6) is -0.433. The molecule has 0 saturated heterocycles. The molecule has 0 aromatic carbocycles. The molecule has 0 rings (SSSR count). The van der Waals surface area contributed by atoms with Crippen molar-refractivity contribution in [3.05, 3.63) is 24.8 Å². The van der Waals surface area contributed by atoms with Crippen molar-refractivity contribution >= 4 is 5.91 Å². The lowest BCUT2D eigenvalue weighted by molar-refractivity contribution is -0.115. The Kier molecular flexibility index (Phi) is 3.05. The van der Waals surface area contributed by atoms with E-state index in [4.69, 9.17) is 5.73 Å². The third-order valence-electron chi connectivity index (χ3n) is 1.77. The second-order valence-corrected chi connectivity index (χ2v) is 3.22. The number of primary amides is 1. The Hall–Kier alpha value is -1.05. The lowest BCUT2D eigenvalue weighted by Gasteiger charge is -2.23. The molecule has 2 nitrogen and oxygen atoms in total. The fraction of sp³-hybridized carbons (Fsp3) is 0.444. The van der Waals surface area contributed by atoms with Crippen LogP contribution in [-0.2, 0) is 4.79 Å². The third kappa shape index (κ3) is 2.58. The van der Waals surface area contributed by atoms with E-state index in [1.54, 1.807) is 6.08 Å². The fourth-order valence-corrected chi connectivity index (χ4v) is 0.818. The van der Waals surface area contributed by atoms with Crippen LogP contribution in [0.1, 0.15) is 20.3 Å². The Balaban J connectivity index is 4.41. The predicted octanol–water partition coefficient (Wildman–Crippen LogP) is 1.63. The zero-order valence-electron chi connectivity index (χ0n) is 7.18. The maximum Gasteiger partial charge on any atom is 0.244 e. The van der Waals surface area contributed by atoms with Gasteiger partial charge in [0.15, 0.2) is 0 Å². The molecule has 0 saturated carbocycles. The molecule has 0 aromatic rings. The highest BCUT2D eigenvalue weighted by molar-refractivity contribution is 5.92. The molecular formula is C9H15NO. The van der Waals surface area contributed by atoms with Crippen molar-refractivity contribution in [1.82, 2.24) is 0 Å². The first-order valence-electron chi connectivity index (χ1n) is 3.52. The minimum Gasteiger partial charge on any atom is -0.366 e. The van der Waals surface area contributed by atoms with E-state index in [1.807, 2.05) is 13.8 Å². The molecule has 1 amide bonds. The highest BCUT2D eigenvalue weighted by Gasteiger charge is 2.23. The number of nitrogens with two attached hydrogens (primary N) is 1. The van der Waals surface area contributed by atoms with Crippen LogP contribution in [0.15, 0.2) is 24.8 Å². The molecule has 0 aliphatic heterocycles. The molecule has 11 heavy (non-hydrogen) atoms. The van der Waals surface area contributed by atoms with Gasteiger partial charge in [-0.25, -0.2) is 0 Å². The average Bonchev–Trinajstić information content (AvgIpc) is 1.86. The number of amides is 1. The Bertz CT molecular complexity index is 192. The largest absolute Gasteiger partial charge is 0.366 e. The molecule has 0 aliphatic rings. The molecule has 0 fully saturated rings. The molecule has 62 valence electrons. The summed E-state index contributed by atoms with van der Waals surface area (Å²) in [6, 6.07) is 0. The second kappa shape index (κ2) is 3.37. The minimum atomic E-state index is -0.433. The van der Waals surface area contributed by atoms with Crippen molar-refractivity contribution in [2.75, 3.05) is 0 Å². The monoisotopic (exact) mass is 153 g/mol. The number of carbonyl (C=O) groups excluding carboxylic acids is 1. The molecule has 0 spiro atoms. The van der Waals surface area contributed by atoms with Gasteiger partial charge in [-0.2, -0.15) is 0 Å². The van der Waals surface area contributed by atoms with Gasteiger partial charge in [0.25, 0.3) is 0 Å². The van der Waals surface area contributed by atoms with Gasteiger partial charge in [0.1, 0.15) is 0 Å². The summed E-state index contributed by atoms with van der Waals surface area (Å²) in [4.78, 5) is 10.7. The van der Waals surface area contributed by atoms with Gasteiger partial charge in [0.2, 0.25) is 5.91 Å². The summed E-state index contributed by atoms with van der Waals surface area (Å²) in [5, 5.41) is 0. The minimum absolute atomic E-state index is 0.256. The van der Waals surface area contributed by atoms with Crippen molar-refractivity contribution in [3.8, 4) is 0 Å². The summed E-state index contributed by atoms with van der Waals surface area (Å²) in [6.07, 6.45) is 2.48. The van der Waals surface area contributed by atoms with Crippen LogP contribution < -0.4 is 5.73 Å². The molecule has 0 aromatic heterocycles. The van der Waals surface area contributed by atoms with Crippen molar-refractivity contribution in [2.24, 2.45) is 11.1 Å². The van der Waals surface area contributed by atoms with Crippen LogP contribution in [0.2, 0.25) is 0 Å². The molecule has 2 heteroatoms. The van der Waals surface area contributed by atoms with Gasteiger partial charge in [-0.15, -0.1) is 6.58 Å². The lowest BCUT2D eigenvalue weighted by atomic mass is 9.81. The number of rotatable bonds is 4. The normalized spacial score (nSPS) is 10.7. The Morgan fingerprint density at radius 3 is 2.36 bits per heavy atom. The SMILES string of the molecule is C=CCC(C)(C)C(=C)C(N)=O. The zero-order valence-corrected chi connectivity index (χ0v) is 7.18. The van der Waals surface area contributed by atoms with Gasteiger partial charge in [-0.3, -0.25) is 4.79 Å². The van der Waals surface area contributed by atoms with Crippen LogP contribution >= 0.6 is 0 Å². The number of hydrogen-bond donors (Lipinski definition) is 1. The quantitative estimate of drug-likeness (QED) is 0.484. The maximum absolute atomic E-state index is 10.7. The summed E-state index contributed by atoms with van der Waals surface area (Å²) >= 11 is 0. The summed E-state index contributed by atoms with van der Waals surface area (Å²) in [5.41, 5.74) is 5.28. The van der Waals surface area contributed by atoms with E-state index in [9.17, 15) is 4.79 Å². The van der Waals surface area contributed by atoms with Crippen LogP contribution in [0, 0.1) is 5.41 Å². The van der Waals surface area contributed by atoms with Crippen LogP contribution in [0.3, 0.4) is 0 Å². The van der Waals surface area contributed by atoms with Crippen molar-refractivity contribution in [3.63, 3.8) is 0 Å². The molecule has 0 radical (unpaired) electrons. The van der Waals surface area contributed by atoms with Crippen molar-refractivity contribution in [1.29, 1.82) is 0 Å². The predicted molar refractivity (Wildman–Crippen MR) is 46.9 cm³/mol. The smallest absolute Gasteiger partial charge is 0.244 e.